The fourth-order valence-corrected chi connectivity index (χ4v) is 6.63. The van der Waals surface area contributed by atoms with Crippen molar-refractivity contribution in [3.8, 4) is 11.4 Å². The molecule has 1 aliphatic heterocycles. The molecule has 2 aromatic carbocycles. The first-order valence-electron chi connectivity index (χ1n) is 13.6. The molecule has 1 saturated carbocycles. The van der Waals surface area contributed by atoms with Gasteiger partial charge in [0.15, 0.2) is 5.11 Å². The Balaban J connectivity index is 1.43. The first-order chi connectivity index (χ1) is 18.9. The third-order valence-electron chi connectivity index (χ3n) is 8.02. The number of aryl methyl sites for hydroxylation is 2. The number of nitrogens with zero attached hydrogens (tertiary/aromatic N) is 3. The van der Waals surface area contributed by atoms with Gasteiger partial charge in [-0.2, -0.15) is 0 Å². The maximum Gasteiger partial charge on any atom is 0.174 e. The Morgan fingerprint density at radius 1 is 0.974 bits per heavy atom. The molecule has 1 saturated heterocycles. The molecule has 6 rings (SSSR count). The summed E-state index contributed by atoms with van der Waals surface area (Å²) in [5.74, 6) is 0.913. The smallest absolute Gasteiger partial charge is 0.174 e. The minimum atomic E-state index is -0.109. The molecule has 2 aromatic heterocycles. The molecule has 1 aliphatic carbocycles. The van der Waals surface area contributed by atoms with Gasteiger partial charge in [-0.15, -0.1) is 0 Å². The number of anilines is 1. The average Bonchev–Trinajstić information content (AvgIpc) is 3.64. The Morgan fingerprint density at radius 2 is 1.74 bits per heavy atom. The lowest BCUT2D eigenvalue weighted by Crippen LogP contribution is -2.29. The lowest BCUT2D eigenvalue weighted by Gasteiger charge is -2.28. The number of halogens is 1. The number of aromatic nitrogens is 2. The molecule has 4 aromatic rings. The lowest BCUT2D eigenvalue weighted by atomic mass is 9.96. The highest BCUT2D eigenvalue weighted by Crippen LogP contribution is 2.44. The summed E-state index contributed by atoms with van der Waals surface area (Å²) in [7, 11) is 0. The van der Waals surface area contributed by atoms with Gasteiger partial charge < -0.3 is 19.5 Å². The maximum atomic E-state index is 6.43. The zero-order valence-corrected chi connectivity index (χ0v) is 24.1. The molecule has 0 bridgehead atoms. The molecule has 0 amide bonds. The number of benzene rings is 2. The van der Waals surface area contributed by atoms with E-state index in [4.69, 9.17) is 33.5 Å². The van der Waals surface area contributed by atoms with Crippen LogP contribution >= 0.6 is 23.8 Å². The molecule has 2 fully saturated rings. The largest absolute Gasteiger partial charge is 0.490 e. The topological polar surface area (TPSA) is 42.3 Å². The molecule has 39 heavy (non-hydrogen) atoms. The van der Waals surface area contributed by atoms with Crippen molar-refractivity contribution in [1.82, 2.24) is 14.9 Å². The third-order valence-corrected chi connectivity index (χ3v) is 8.57. The van der Waals surface area contributed by atoms with E-state index in [2.05, 4.69) is 78.0 Å². The van der Waals surface area contributed by atoms with E-state index in [1.54, 1.807) is 0 Å². The van der Waals surface area contributed by atoms with Gasteiger partial charge in [-0.05, 0) is 124 Å². The van der Waals surface area contributed by atoms with Gasteiger partial charge in [0.1, 0.15) is 5.75 Å². The Labute approximate surface area is 240 Å². The van der Waals surface area contributed by atoms with E-state index in [1.807, 2.05) is 30.5 Å². The predicted octanol–water partition coefficient (Wildman–Crippen LogP) is 7.95. The van der Waals surface area contributed by atoms with Crippen LogP contribution in [0, 0.1) is 20.8 Å². The molecule has 0 unspecified atom stereocenters. The Morgan fingerprint density at radius 3 is 2.46 bits per heavy atom. The van der Waals surface area contributed by atoms with Crippen LogP contribution in [0.2, 0.25) is 5.02 Å². The zero-order valence-electron chi connectivity index (χ0n) is 22.5. The molecule has 2 atom stereocenters. The van der Waals surface area contributed by atoms with Gasteiger partial charge >= 0.3 is 0 Å². The molecule has 0 radical (unpaired) electrons. The Kier molecular flexibility index (Phi) is 7.08. The van der Waals surface area contributed by atoms with Gasteiger partial charge in [-0.25, -0.2) is 0 Å². The summed E-state index contributed by atoms with van der Waals surface area (Å²) in [5, 5.41) is 5.00. The maximum absolute atomic E-state index is 6.43. The summed E-state index contributed by atoms with van der Waals surface area (Å²) >= 11 is 12.4. The van der Waals surface area contributed by atoms with E-state index in [-0.39, 0.29) is 12.1 Å². The van der Waals surface area contributed by atoms with Crippen LogP contribution in [0.15, 0.2) is 72.9 Å². The van der Waals surface area contributed by atoms with Crippen LogP contribution < -0.4 is 15.0 Å². The molecule has 200 valence electrons. The van der Waals surface area contributed by atoms with Crippen molar-refractivity contribution in [3.05, 3.63) is 106 Å². The minimum Gasteiger partial charge on any atom is -0.490 e. The second-order valence-corrected chi connectivity index (χ2v) is 11.4. The number of ether oxygens (including phenoxy) is 1. The molecule has 2 aliphatic rings. The average molecular weight is 557 g/mol. The standard InChI is InChI=1S/C32H33ClN4OS/c1-20-11-12-23(33)19-29(20)36-21(2)18-27(22(36)3)31-30(28-10-6-7-17-34-28)35-32(39)37(31)24-13-15-26(16-14-24)38-25-8-4-5-9-25/h6-7,10-19,25,30-31H,4-5,8-9H2,1-3H3,(H,35,39)/t30-,31-/m0/s1. The van der Waals surface area contributed by atoms with Crippen LogP contribution in [-0.2, 0) is 0 Å². The summed E-state index contributed by atoms with van der Waals surface area (Å²) in [6, 6.07) is 22.5. The van der Waals surface area contributed by atoms with Crippen molar-refractivity contribution in [2.75, 3.05) is 4.90 Å². The van der Waals surface area contributed by atoms with Gasteiger partial charge in [0.25, 0.3) is 0 Å². The lowest BCUT2D eigenvalue weighted by molar-refractivity contribution is 0.210. The SMILES string of the molecule is Cc1ccc(Cl)cc1-n1c(C)cc([C@H]2[C@H](c3ccccn3)NC(=S)N2c2ccc(OC3CCCC3)cc2)c1C. The van der Waals surface area contributed by atoms with E-state index >= 15 is 0 Å². The Bertz CT molecular complexity index is 1490. The summed E-state index contributed by atoms with van der Waals surface area (Å²) < 4.78 is 8.53. The highest BCUT2D eigenvalue weighted by atomic mass is 35.5. The van der Waals surface area contributed by atoms with E-state index in [1.165, 1.54) is 24.0 Å². The number of thiocarbonyl (C=S) groups is 1. The fraction of sp³-hybridized carbons (Fsp3) is 0.312. The monoisotopic (exact) mass is 556 g/mol. The second kappa shape index (κ2) is 10.7. The number of pyridine rings is 1. The van der Waals surface area contributed by atoms with E-state index in [0.717, 1.165) is 52.1 Å². The number of nitrogens with one attached hydrogen (secondary N) is 1. The zero-order chi connectivity index (χ0) is 27.1. The van der Waals surface area contributed by atoms with Gasteiger partial charge in [0, 0.05) is 34.0 Å². The summed E-state index contributed by atoms with van der Waals surface area (Å²) in [6.07, 6.45) is 6.94. The van der Waals surface area contributed by atoms with E-state index in [0.29, 0.717) is 11.2 Å². The van der Waals surface area contributed by atoms with Gasteiger partial charge in [-0.3, -0.25) is 4.98 Å². The van der Waals surface area contributed by atoms with Crippen molar-refractivity contribution >= 4 is 34.6 Å². The van der Waals surface area contributed by atoms with Gasteiger partial charge in [-0.1, -0.05) is 23.7 Å². The van der Waals surface area contributed by atoms with Gasteiger partial charge in [0.2, 0.25) is 0 Å². The summed E-state index contributed by atoms with van der Waals surface area (Å²) in [6.45, 7) is 6.44. The van der Waals surface area contributed by atoms with Crippen LogP contribution in [0.5, 0.6) is 5.75 Å². The van der Waals surface area contributed by atoms with Crippen molar-refractivity contribution in [2.24, 2.45) is 0 Å². The second-order valence-electron chi connectivity index (χ2n) is 10.6. The van der Waals surface area contributed by atoms with Crippen molar-refractivity contribution < 1.29 is 4.74 Å². The predicted molar refractivity (Wildman–Crippen MR) is 162 cm³/mol. The molecular formula is C32H33ClN4OS. The fourth-order valence-electron chi connectivity index (χ4n) is 6.11. The number of hydrogen-bond donors (Lipinski definition) is 1. The van der Waals surface area contributed by atoms with Crippen LogP contribution in [0.1, 0.15) is 66.0 Å². The normalized spacial score (nSPS) is 19.5. The molecule has 7 heteroatoms. The molecule has 1 N–H and O–H groups in total. The molecule has 3 heterocycles. The number of hydrogen-bond acceptors (Lipinski definition) is 3. The highest BCUT2D eigenvalue weighted by molar-refractivity contribution is 7.80. The van der Waals surface area contributed by atoms with Crippen LogP contribution in [0.25, 0.3) is 5.69 Å². The van der Waals surface area contributed by atoms with Crippen molar-refractivity contribution in [3.63, 3.8) is 0 Å². The molecule has 5 nitrogen and oxygen atoms in total. The van der Waals surface area contributed by atoms with Crippen molar-refractivity contribution in [1.29, 1.82) is 0 Å². The molecule has 0 spiro atoms. The van der Waals surface area contributed by atoms with Crippen LogP contribution in [0.3, 0.4) is 0 Å². The first-order valence-corrected chi connectivity index (χ1v) is 14.4. The summed E-state index contributed by atoms with van der Waals surface area (Å²) in [4.78, 5) is 6.95. The van der Waals surface area contributed by atoms with E-state index < -0.39 is 0 Å². The Hall–Kier alpha value is -3.35. The van der Waals surface area contributed by atoms with Gasteiger partial charge in [0.05, 0.1) is 23.9 Å². The first kappa shape index (κ1) is 25.9. The van der Waals surface area contributed by atoms with Crippen molar-refractivity contribution in [2.45, 2.75) is 64.6 Å². The van der Waals surface area contributed by atoms with Crippen LogP contribution in [0.4, 0.5) is 5.69 Å². The number of rotatable bonds is 6. The highest BCUT2D eigenvalue weighted by Gasteiger charge is 2.42. The van der Waals surface area contributed by atoms with Crippen LogP contribution in [-0.4, -0.2) is 20.8 Å². The quantitative estimate of drug-likeness (QED) is 0.244. The minimum absolute atomic E-state index is 0.0894. The third kappa shape index (κ3) is 4.92. The summed E-state index contributed by atoms with van der Waals surface area (Å²) in [5.41, 5.74) is 7.74. The molecular weight excluding hydrogens is 524 g/mol. The van der Waals surface area contributed by atoms with E-state index in [9.17, 15) is 0 Å².